The van der Waals surface area contributed by atoms with E-state index in [2.05, 4.69) is 20.4 Å². The van der Waals surface area contributed by atoms with E-state index >= 15 is 4.39 Å². The Balaban J connectivity index is 1.07. The Kier molecular flexibility index (Phi) is 8.56. The van der Waals surface area contributed by atoms with E-state index in [1.54, 1.807) is 10.8 Å². The Bertz CT molecular complexity index is 2270. The Labute approximate surface area is 299 Å². The number of halogens is 1. The van der Waals surface area contributed by atoms with Crippen LogP contribution in [0.2, 0.25) is 0 Å². The number of aromatic nitrogens is 1. The van der Waals surface area contributed by atoms with E-state index in [1.807, 2.05) is 41.3 Å². The number of rotatable bonds is 9. The molecule has 270 valence electrons. The topological polar surface area (TPSA) is 122 Å². The molecule has 9 rings (SSSR count). The first-order chi connectivity index (χ1) is 25.4. The van der Waals surface area contributed by atoms with Gasteiger partial charge >= 0.3 is 0 Å². The normalized spacial score (nSPS) is 19.0. The third kappa shape index (κ3) is 5.96. The van der Waals surface area contributed by atoms with E-state index in [1.165, 1.54) is 6.07 Å². The second-order valence-electron chi connectivity index (χ2n) is 14.2. The van der Waals surface area contributed by atoms with E-state index in [0.717, 1.165) is 49.8 Å². The maximum atomic E-state index is 16.5. The van der Waals surface area contributed by atoms with Gasteiger partial charge in [-0.2, -0.15) is 0 Å². The van der Waals surface area contributed by atoms with Gasteiger partial charge in [0.15, 0.2) is 17.3 Å². The number of para-hydroxylation sites is 1. The zero-order valence-electron chi connectivity index (χ0n) is 28.9. The molecule has 5 aromatic rings. The Morgan fingerprint density at radius 2 is 1.71 bits per heavy atom. The van der Waals surface area contributed by atoms with Crippen molar-refractivity contribution in [2.24, 2.45) is 0 Å². The largest absolute Gasteiger partial charge is 0.456 e. The van der Waals surface area contributed by atoms with Gasteiger partial charge in [0.25, 0.3) is 5.91 Å². The minimum atomic E-state index is -0.629. The quantitative estimate of drug-likeness (QED) is 0.226. The van der Waals surface area contributed by atoms with Gasteiger partial charge in [-0.3, -0.25) is 19.3 Å². The molecule has 3 fully saturated rings. The summed E-state index contributed by atoms with van der Waals surface area (Å²) in [7, 11) is 0. The van der Waals surface area contributed by atoms with Crippen LogP contribution in [0.1, 0.15) is 36.0 Å². The molecule has 0 bridgehead atoms. The van der Waals surface area contributed by atoms with Gasteiger partial charge in [0, 0.05) is 81.3 Å². The third-order valence-corrected chi connectivity index (χ3v) is 10.9. The lowest BCUT2D eigenvalue weighted by atomic mass is 10.0. The van der Waals surface area contributed by atoms with Crippen molar-refractivity contribution in [3.63, 3.8) is 0 Å². The third-order valence-electron chi connectivity index (χ3n) is 10.9. The lowest BCUT2D eigenvalue weighted by molar-refractivity contribution is -0.122. The van der Waals surface area contributed by atoms with E-state index in [0.29, 0.717) is 86.9 Å². The predicted octanol–water partition coefficient (Wildman–Crippen LogP) is 4.38. The molecule has 0 radical (unpaired) electrons. The van der Waals surface area contributed by atoms with Crippen molar-refractivity contribution in [1.29, 1.82) is 0 Å². The molecule has 0 aliphatic carbocycles. The number of morpholine rings is 1. The summed E-state index contributed by atoms with van der Waals surface area (Å²) < 4.78 is 36.4. The first-order valence-electron chi connectivity index (χ1n) is 18.3. The molecule has 2 N–H and O–H groups in total. The number of ether oxygens (including phenoxy) is 2. The van der Waals surface area contributed by atoms with Crippen LogP contribution in [-0.2, 0) is 9.53 Å². The number of furan rings is 1. The highest BCUT2D eigenvalue weighted by Gasteiger charge is 2.34. The fourth-order valence-electron chi connectivity index (χ4n) is 8.17. The van der Waals surface area contributed by atoms with Crippen LogP contribution in [0.15, 0.2) is 57.9 Å². The van der Waals surface area contributed by atoms with Gasteiger partial charge in [0.05, 0.1) is 24.3 Å². The number of likely N-dealkylation sites (tertiary alicyclic amines) is 1. The van der Waals surface area contributed by atoms with Crippen LogP contribution in [-0.4, -0.2) is 104 Å². The first kappa shape index (κ1) is 32.9. The van der Waals surface area contributed by atoms with Gasteiger partial charge in [0.1, 0.15) is 27.9 Å². The summed E-state index contributed by atoms with van der Waals surface area (Å²) >= 11 is 0. The zero-order chi connectivity index (χ0) is 35.3. The smallest absolute Gasteiger partial charge is 0.256 e. The molecule has 52 heavy (non-hydrogen) atoms. The van der Waals surface area contributed by atoms with Crippen LogP contribution in [0.5, 0.6) is 11.5 Å². The van der Waals surface area contributed by atoms with Gasteiger partial charge < -0.3 is 38.9 Å². The Morgan fingerprint density at radius 3 is 2.56 bits per heavy atom. The predicted molar refractivity (Wildman–Crippen MR) is 195 cm³/mol. The van der Waals surface area contributed by atoms with Gasteiger partial charge in [-0.15, -0.1) is 0 Å². The number of carbonyl (C=O) groups excluding carboxylic acids is 2. The van der Waals surface area contributed by atoms with E-state index in [4.69, 9.17) is 13.9 Å². The maximum Gasteiger partial charge on any atom is 0.256 e. The van der Waals surface area contributed by atoms with Crippen molar-refractivity contribution < 1.29 is 27.9 Å². The molecule has 3 saturated heterocycles. The van der Waals surface area contributed by atoms with Crippen LogP contribution in [0.4, 0.5) is 10.1 Å². The molecule has 12 nitrogen and oxygen atoms in total. The average molecular weight is 709 g/mol. The molecule has 4 aliphatic rings. The number of benzene rings is 3. The number of anilines is 1. The lowest BCUT2D eigenvalue weighted by Crippen LogP contribution is -2.41. The second-order valence-corrected chi connectivity index (χ2v) is 14.2. The molecule has 3 aromatic carbocycles. The van der Waals surface area contributed by atoms with E-state index in [-0.39, 0.29) is 34.3 Å². The Hall–Kier alpha value is -4.98. The summed E-state index contributed by atoms with van der Waals surface area (Å²) in [5.74, 6) is -0.538. The average Bonchev–Trinajstić information content (AvgIpc) is 3.92. The van der Waals surface area contributed by atoms with Gasteiger partial charge in [-0.1, -0.05) is 18.2 Å². The SMILES string of the molecule is O=C(CCN1CCOCC1)N[C@@H]1CCN(c2c(F)cc3c(=O)c(C(=O)NCCN4CCCC4)cn4c3c2Oc2cc3c(cc2-4)oc2ccccc23)C1. The van der Waals surface area contributed by atoms with Gasteiger partial charge in [-0.05, 0) is 50.6 Å². The standard InChI is InChI=1S/C39H41FN6O6/c40-29-19-27-35-38(36(29)45-13-7-24(22-45)42-34(47)8-12-44-15-17-50-18-16-44)52-33-20-26-25-5-1-2-6-31(25)51-32(26)21-30(33)46(35)23-28(37(27)48)39(49)41-9-14-43-10-3-4-11-43/h1-2,5-6,19-21,23-24H,3-4,7-18,22H2,(H,41,49)(H,42,47)/t24-/m1/s1. The molecule has 0 unspecified atom stereocenters. The van der Waals surface area contributed by atoms with Crippen molar-refractivity contribution in [2.45, 2.75) is 31.7 Å². The molecule has 4 aliphatic heterocycles. The molecule has 2 amide bonds. The number of amides is 2. The molecule has 13 heteroatoms. The number of fused-ring (bicyclic) bond motifs is 5. The van der Waals surface area contributed by atoms with E-state index < -0.39 is 17.2 Å². The highest BCUT2D eigenvalue weighted by Crippen LogP contribution is 2.49. The van der Waals surface area contributed by atoms with Crippen LogP contribution in [0, 0.1) is 5.82 Å². The first-order valence-corrected chi connectivity index (χ1v) is 18.3. The summed E-state index contributed by atoms with van der Waals surface area (Å²) in [5, 5.41) is 7.83. The number of nitrogens with zero attached hydrogens (tertiary/aromatic N) is 4. The summed E-state index contributed by atoms with van der Waals surface area (Å²) in [4.78, 5) is 46.9. The fraction of sp³-hybridized carbons (Fsp3) is 0.410. The number of carbonyl (C=O) groups is 2. The highest BCUT2D eigenvalue weighted by molar-refractivity contribution is 6.07. The number of hydrogen-bond acceptors (Lipinski definition) is 9. The molecule has 6 heterocycles. The molecule has 1 atom stereocenters. The number of nitrogens with one attached hydrogen (secondary N) is 2. The van der Waals surface area contributed by atoms with E-state index in [9.17, 15) is 14.4 Å². The summed E-state index contributed by atoms with van der Waals surface area (Å²) in [6.45, 7) is 7.59. The maximum absolute atomic E-state index is 16.5. The lowest BCUT2D eigenvalue weighted by Gasteiger charge is -2.29. The van der Waals surface area contributed by atoms with Gasteiger partial charge in [0.2, 0.25) is 11.3 Å². The van der Waals surface area contributed by atoms with Crippen molar-refractivity contribution in [3.05, 3.63) is 70.3 Å². The summed E-state index contributed by atoms with van der Waals surface area (Å²) in [5.41, 5.74) is 1.84. The summed E-state index contributed by atoms with van der Waals surface area (Å²) in [6.07, 6.45) is 4.83. The van der Waals surface area contributed by atoms with Crippen LogP contribution in [0.3, 0.4) is 0 Å². The minimum Gasteiger partial charge on any atom is -0.456 e. The summed E-state index contributed by atoms with van der Waals surface area (Å²) in [6, 6.07) is 12.5. The molecule has 0 saturated carbocycles. The monoisotopic (exact) mass is 708 g/mol. The minimum absolute atomic E-state index is 0.0414. The van der Waals surface area contributed by atoms with Crippen LogP contribution >= 0.6 is 0 Å². The molecular weight excluding hydrogens is 667 g/mol. The Morgan fingerprint density at radius 1 is 0.904 bits per heavy atom. The molecule has 2 aromatic heterocycles. The fourth-order valence-corrected chi connectivity index (χ4v) is 8.17. The molecular formula is C39H41FN6O6. The number of pyridine rings is 1. The van der Waals surface area contributed by atoms with Crippen LogP contribution in [0.25, 0.3) is 38.5 Å². The van der Waals surface area contributed by atoms with Crippen molar-refractivity contribution in [3.8, 4) is 17.2 Å². The van der Waals surface area contributed by atoms with Crippen molar-refractivity contribution in [2.75, 3.05) is 77.0 Å². The molecule has 0 spiro atoms. The second kappa shape index (κ2) is 13.5. The van der Waals surface area contributed by atoms with Gasteiger partial charge in [-0.25, -0.2) is 4.39 Å². The number of hydrogen-bond donors (Lipinski definition) is 2. The van der Waals surface area contributed by atoms with Crippen molar-refractivity contribution >= 4 is 50.3 Å². The van der Waals surface area contributed by atoms with Crippen LogP contribution < -0.4 is 25.7 Å². The zero-order valence-corrected chi connectivity index (χ0v) is 28.9. The van der Waals surface area contributed by atoms with Crippen molar-refractivity contribution in [1.82, 2.24) is 25.0 Å². The highest BCUT2D eigenvalue weighted by atomic mass is 19.1.